The maximum absolute atomic E-state index is 11.2. The Bertz CT molecular complexity index is 285. The lowest BCUT2D eigenvalue weighted by Crippen LogP contribution is -2.05. The molecule has 0 saturated heterocycles. The first-order chi connectivity index (χ1) is 7.33. The lowest BCUT2D eigenvalue weighted by Gasteiger charge is -2.03. The van der Waals surface area contributed by atoms with Crippen LogP contribution >= 0.6 is 0 Å². The highest BCUT2D eigenvalue weighted by Gasteiger charge is 2.02. The molecule has 3 nitrogen and oxygen atoms in total. The normalized spacial score (nSPS) is 9.93. The zero-order valence-corrected chi connectivity index (χ0v) is 9.11. The predicted octanol–water partition coefficient (Wildman–Crippen LogP) is 2.71. The fraction of sp³-hybridized carbons (Fsp3) is 0.500. The van der Waals surface area contributed by atoms with Gasteiger partial charge in [-0.25, -0.2) is 0 Å². The third-order valence-electron chi connectivity index (χ3n) is 2.09. The highest BCUT2D eigenvalue weighted by molar-refractivity contribution is 5.69. The number of carbonyl (C=O) groups is 1. The van der Waals surface area contributed by atoms with Gasteiger partial charge in [-0.15, -0.1) is 0 Å². The van der Waals surface area contributed by atoms with E-state index >= 15 is 0 Å². The van der Waals surface area contributed by atoms with Gasteiger partial charge in [0.25, 0.3) is 0 Å². The van der Waals surface area contributed by atoms with E-state index in [1.165, 1.54) is 0 Å². The molecule has 0 spiro atoms. The summed E-state index contributed by atoms with van der Waals surface area (Å²) < 4.78 is 5.07. The van der Waals surface area contributed by atoms with Crippen molar-refractivity contribution in [3.8, 4) is 0 Å². The largest absolute Gasteiger partial charge is 0.459 e. The first-order valence-electron chi connectivity index (χ1n) is 5.38. The van der Waals surface area contributed by atoms with Crippen molar-refractivity contribution in [2.24, 2.45) is 0 Å². The molecular weight excluding hydrogens is 190 g/mol. The van der Waals surface area contributed by atoms with Gasteiger partial charge in [0, 0.05) is 12.6 Å². The van der Waals surface area contributed by atoms with Gasteiger partial charge in [0.15, 0.2) is 0 Å². The minimum absolute atomic E-state index is 0.130. The van der Waals surface area contributed by atoms with Crippen LogP contribution in [0.1, 0.15) is 38.3 Å². The monoisotopic (exact) mass is 207 g/mol. The molecule has 0 atom stereocenters. The van der Waals surface area contributed by atoms with E-state index in [1.54, 1.807) is 6.20 Å². The molecule has 0 saturated carbocycles. The van der Waals surface area contributed by atoms with Gasteiger partial charge >= 0.3 is 5.97 Å². The maximum Gasteiger partial charge on any atom is 0.306 e. The molecule has 1 heterocycles. The Labute approximate surface area is 90.5 Å². The van der Waals surface area contributed by atoms with Crippen molar-refractivity contribution in [1.82, 2.24) is 4.98 Å². The molecule has 15 heavy (non-hydrogen) atoms. The van der Waals surface area contributed by atoms with Gasteiger partial charge in [-0.3, -0.25) is 9.78 Å². The van der Waals surface area contributed by atoms with Crippen LogP contribution in [0.25, 0.3) is 0 Å². The van der Waals surface area contributed by atoms with Crippen LogP contribution in [0.4, 0.5) is 0 Å². The van der Waals surface area contributed by atoms with Crippen LogP contribution in [0.15, 0.2) is 24.4 Å². The van der Waals surface area contributed by atoms with Crippen LogP contribution in [0.3, 0.4) is 0 Å². The predicted molar refractivity (Wildman–Crippen MR) is 58.2 cm³/mol. The van der Waals surface area contributed by atoms with E-state index in [0.29, 0.717) is 6.42 Å². The summed E-state index contributed by atoms with van der Waals surface area (Å²) in [6, 6.07) is 5.57. The fourth-order valence-electron chi connectivity index (χ4n) is 1.23. The van der Waals surface area contributed by atoms with Crippen molar-refractivity contribution >= 4 is 5.97 Å². The molecule has 1 aromatic rings. The second-order valence-electron chi connectivity index (χ2n) is 3.44. The van der Waals surface area contributed by atoms with Crippen molar-refractivity contribution in [2.75, 3.05) is 0 Å². The molecule has 0 aliphatic heterocycles. The number of esters is 1. The number of rotatable bonds is 6. The fourth-order valence-corrected chi connectivity index (χ4v) is 1.23. The standard InChI is InChI=1S/C12H17NO2/c1-2-3-4-8-12(14)15-10-11-7-5-6-9-13-11/h5-7,9H,2-4,8,10H2,1H3. The van der Waals surface area contributed by atoms with Crippen molar-refractivity contribution in [2.45, 2.75) is 39.2 Å². The molecule has 0 radical (unpaired) electrons. The van der Waals surface area contributed by atoms with E-state index in [0.717, 1.165) is 25.0 Å². The first-order valence-corrected chi connectivity index (χ1v) is 5.38. The Morgan fingerprint density at radius 2 is 2.27 bits per heavy atom. The molecule has 0 aromatic carbocycles. The summed E-state index contributed by atoms with van der Waals surface area (Å²) in [5, 5.41) is 0. The quantitative estimate of drug-likeness (QED) is 0.532. The molecule has 0 bridgehead atoms. The SMILES string of the molecule is CCCCCC(=O)OCc1ccccn1. The van der Waals surface area contributed by atoms with E-state index in [2.05, 4.69) is 11.9 Å². The number of aromatic nitrogens is 1. The number of ether oxygens (including phenoxy) is 1. The third-order valence-corrected chi connectivity index (χ3v) is 2.09. The van der Waals surface area contributed by atoms with Gasteiger partial charge in [0.2, 0.25) is 0 Å². The van der Waals surface area contributed by atoms with Crippen LogP contribution < -0.4 is 0 Å². The molecule has 0 unspecified atom stereocenters. The van der Waals surface area contributed by atoms with Gasteiger partial charge in [0.05, 0.1) is 5.69 Å². The molecule has 0 amide bonds. The van der Waals surface area contributed by atoms with Crippen LogP contribution in [0, 0.1) is 0 Å². The summed E-state index contributed by atoms with van der Waals surface area (Å²) in [5.41, 5.74) is 0.793. The highest BCUT2D eigenvalue weighted by atomic mass is 16.5. The van der Waals surface area contributed by atoms with Gasteiger partial charge in [-0.1, -0.05) is 25.8 Å². The van der Waals surface area contributed by atoms with Gasteiger partial charge in [-0.2, -0.15) is 0 Å². The van der Waals surface area contributed by atoms with E-state index in [-0.39, 0.29) is 12.6 Å². The Morgan fingerprint density at radius 1 is 1.40 bits per heavy atom. The highest BCUT2D eigenvalue weighted by Crippen LogP contribution is 2.02. The van der Waals surface area contributed by atoms with Crippen LogP contribution in [0.2, 0.25) is 0 Å². The van der Waals surface area contributed by atoms with Gasteiger partial charge < -0.3 is 4.74 Å². The van der Waals surface area contributed by atoms with Crippen molar-refractivity contribution in [1.29, 1.82) is 0 Å². The molecule has 3 heteroatoms. The van der Waals surface area contributed by atoms with Crippen LogP contribution in [-0.2, 0) is 16.1 Å². The summed E-state index contributed by atoms with van der Waals surface area (Å²) in [6.07, 6.45) is 5.32. The second-order valence-corrected chi connectivity index (χ2v) is 3.44. The van der Waals surface area contributed by atoms with E-state index < -0.39 is 0 Å². The molecule has 0 aliphatic carbocycles. The average molecular weight is 207 g/mol. The topological polar surface area (TPSA) is 39.2 Å². The van der Waals surface area contributed by atoms with Gasteiger partial charge in [-0.05, 0) is 18.6 Å². The number of hydrogen-bond acceptors (Lipinski definition) is 3. The Balaban J connectivity index is 2.17. The summed E-state index contributed by atoms with van der Waals surface area (Å²) >= 11 is 0. The minimum Gasteiger partial charge on any atom is -0.459 e. The number of hydrogen-bond donors (Lipinski definition) is 0. The molecule has 1 aromatic heterocycles. The summed E-state index contributed by atoms with van der Waals surface area (Å²) in [6.45, 7) is 2.39. The van der Waals surface area contributed by atoms with E-state index in [9.17, 15) is 4.79 Å². The summed E-state index contributed by atoms with van der Waals surface area (Å²) in [5.74, 6) is -0.130. The lowest BCUT2D eigenvalue weighted by atomic mass is 10.2. The lowest BCUT2D eigenvalue weighted by molar-refractivity contribution is -0.145. The third kappa shape index (κ3) is 5.15. The smallest absolute Gasteiger partial charge is 0.306 e. The number of unbranched alkanes of at least 4 members (excludes halogenated alkanes) is 2. The Kier molecular flexibility index (Phi) is 5.44. The molecule has 0 N–H and O–H groups in total. The van der Waals surface area contributed by atoms with Crippen molar-refractivity contribution in [3.63, 3.8) is 0 Å². The van der Waals surface area contributed by atoms with E-state index in [4.69, 9.17) is 4.74 Å². The van der Waals surface area contributed by atoms with E-state index in [1.807, 2.05) is 18.2 Å². The van der Waals surface area contributed by atoms with Crippen molar-refractivity contribution < 1.29 is 9.53 Å². The maximum atomic E-state index is 11.2. The first kappa shape index (κ1) is 11.7. The molecule has 82 valence electrons. The molecular formula is C12H17NO2. The zero-order chi connectivity index (χ0) is 10.9. The van der Waals surface area contributed by atoms with Crippen molar-refractivity contribution in [3.05, 3.63) is 30.1 Å². The molecule has 1 rings (SSSR count). The van der Waals surface area contributed by atoms with Gasteiger partial charge in [0.1, 0.15) is 6.61 Å². The summed E-state index contributed by atoms with van der Waals surface area (Å²) in [4.78, 5) is 15.3. The second kappa shape index (κ2) is 6.98. The van der Waals surface area contributed by atoms with Crippen LogP contribution in [0.5, 0.6) is 0 Å². The zero-order valence-electron chi connectivity index (χ0n) is 9.11. The number of pyridine rings is 1. The van der Waals surface area contributed by atoms with Crippen LogP contribution in [-0.4, -0.2) is 11.0 Å². The number of nitrogens with zero attached hydrogens (tertiary/aromatic N) is 1. The molecule has 0 fully saturated rings. The average Bonchev–Trinajstić information content (AvgIpc) is 2.28. The number of carbonyl (C=O) groups excluding carboxylic acids is 1. The Hall–Kier alpha value is -1.38. The molecule has 0 aliphatic rings. The summed E-state index contributed by atoms with van der Waals surface area (Å²) in [7, 11) is 0. The minimum atomic E-state index is -0.130. The Morgan fingerprint density at radius 3 is 2.93 bits per heavy atom.